The summed E-state index contributed by atoms with van der Waals surface area (Å²) >= 11 is 0. The number of rotatable bonds is 2. The smallest absolute Gasteiger partial charge is 0.419 e. The lowest BCUT2D eigenvalue weighted by atomic mass is 10.2. The predicted octanol–water partition coefficient (Wildman–Crippen LogP) is 4.22. The molecule has 0 aliphatic carbocycles. The van der Waals surface area contributed by atoms with E-state index in [1.165, 1.54) is 6.07 Å². The minimum atomic E-state index is -4.77. The van der Waals surface area contributed by atoms with Crippen molar-refractivity contribution in [3.8, 4) is 11.5 Å². The summed E-state index contributed by atoms with van der Waals surface area (Å²) in [5, 5.41) is 0. The Bertz CT molecular complexity index is 595. The summed E-state index contributed by atoms with van der Waals surface area (Å²) < 4.78 is 55.9. The molecule has 0 radical (unpaired) electrons. The molecule has 2 aromatic carbocycles. The summed E-state index contributed by atoms with van der Waals surface area (Å²) in [6, 6.07) is 8.75. The van der Waals surface area contributed by atoms with Gasteiger partial charge in [-0.15, -0.1) is 0 Å². The van der Waals surface area contributed by atoms with Gasteiger partial charge in [0.05, 0.1) is 11.3 Å². The third kappa shape index (κ3) is 2.96. The number of anilines is 1. The molecular weight excluding hydrogens is 262 g/mol. The van der Waals surface area contributed by atoms with Gasteiger partial charge in [-0.1, -0.05) is 12.1 Å². The molecule has 6 heteroatoms. The van der Waals surface area contributed by atoms with Crippen LogP contribution in [0.3, 0.4) is 0 Å². The van der Waals surface area contributed by atoms with Crippen LogP contribution in [0.4, 0.5) is 23.2 Å². The highest BCUT2D eigenvalue weighted by Gasteiger charge is 2.34. The molecule has 0 heterocycles. The van der Waals surface area contributed by atoms with Crippen LogP contribution >= 0.6 is 0 Å². The first-order valence-electron chi connectivity index (χ1n) is 5.27. The average molecular weight is 271 g/mol. The molecule has 19 heavy (non-hydrogen) atoms. The molecule has 0 saturated heterocycles. The summed E-state index contributed by atoms with van der Waals surface area (Å²) in [4.78, 5) is 0. The molecule has 0 unspecified atom stereocenters. The van der Waals surface area contributed by atoms with Crippen molar-refractivity contribution in [1.82, 2.24) is 0 Å². The second-order valence-corrected chi connectivity index (χ2v) is 3.78. The lowest BCUT2D eigenvalue weighted by molar-refractivity contribution is -0.140. The highest BCUT2D eigenvalue weighted by Crippen LogP contribution is 2.35. The van der Waals surface area contributed by atoms with Crippen LogP contribution in [-0.2, 0) is 6.18 Å². The molecular formula is C13H9F4NO. The molecule has 0 saturated carbocycles. The van der Waals surface area contributed by atoms with E-state index in [9.17, 15) is 17.6 Å². The number of benzene rings is 2. The van der Waals surface area contributed by atoms with Gasteiger partial charge < -0.3 is 10.5 Å². The summed E-state index contributed by atoms with van der Waals surface area (Å²) in [5.74, 6) is -1.27. The van der Waals surface area contributed by atoms with Crippen LogP contribution in [0, 0.1) is 5.82 Å². The standard InChI is InChI=1S/C13H9F4NO/c14-10-6-5-8(7-9(10)13(15,16)17)19-12-4-2-1-3-11(12)18/h1-7H,18H2. The van der Waals surface area contributed by atoms with E-state index >= 15 is 0 Å². The molecule has 0 aromatic heterocycles. The van der Waals surface area contributed by atoms with Gasteiger partial charge >= 0.3 is 6.18 Å². The number of hydrogen-bond acceptors (Lipinski definition) is 2. The minimum absolute atomic E-state index is 0.133. The molecule has 0 aliphatic rings. The highest BCUT2D eigenvalue weighted by atomic mass is 19.4. The molecule has 2 aromatic rings. The zero-order valence-corrected chi connectivity index (χ0v) is 9.54. The monoisotopic (exact) mass is 271 g/mol. The third-order valence-corrected chi connectivity index (χ3v) is 2.39. The molecule has 0 spiro atoms. The lowest BCUT2D eigenvalue weighted by Gasteiger charge is -2.12. The first-order chi connectivity index (χ1) is 8.88. The van der Waals surface area contributed by atoms with E-state index in [2.05, 4.69) is 0 Å². The normalized spacial score (nSPS) is 11.4. The van der Waals surface area contributed by atoms with Crippen LogP contribution in [0.25, 0.3) is 0 Å². The molecule has 0 bridgehead atoms. The Morgan fingerprint density at radius 1 is 1.00 bits per heavy atom. The summed E-state index contributed by atoms with van der Waals surface area (Å²) in [6.45, 7) is 0. The molecule has 0 amide bonds. The Kier molecular flexibility index (Phi) is 3.33. The Morgan fingerprint density at radius 3 is 2.32 bits per heavy atom. The van der Waals surface area contributed by atoms with E-state index in [1.807, 2.05) is 0 Å². The van der Waals surface area contributed by atoms with Crippen molar-refractivity contribution < 1.29 is 22.3 Å². The van der Waals surface area contributed by atoms with Crippen LogP contribution in [0.2, 0.25) is 0 Å². The van der Waals surface area contributed by atoms with Gasteiger partial charge in [0.1, 0.15) is 17.3 Å². The lowest BCUT2D eigenvalue weighted by Crippen LogP contribution is -2.08. The van der Waals surface area contributed by atoms with Crippen LogP contribution in [0.15, 0.2) is 42.5 Å². The summed E-state index contributed by atoms with van der Waals surface area (Å²) in [5.41, 5.74) is 4.50. The van der Waals surface area contributed by atoms with Crippen molar-refractivity contribution in [2.75, 3.05) is 5.73 Å². The Morgan fingerprint density at radius 2 is 1.68 bits per heavy atom. The van der Waals surface area contributed by atoms with E-state index < -0.39 is 17.6 Å². The fraction of sp³-hybridized carbons (Fsp3) is 0.0769. The number of para-hydroxylation sites is 2. The molecule has 2 rings (SSSR count). The first kappa shape index (κ1) is 13.2. The minimum Gasteiger partial charge on any atom is -0.455 e. The maximum atomic E-state index is 13.1. The molecule has 0 atom stereocenters. The number of nitrogens with two attached hydrogens (primary N) is 1. The number of halogens is 4. The van der Waals surface area contributed by atoms with E-state index in [4.69, 9.17) is 10.5 Å². The average Bonchev–Trinajstić information content (AvgIpc) is 2.33. The van der Waals surface area contributed by atoms with Gasteiger partial charge in [0.15, 0.2) is 0 Å². The topological polar surface area (TPSA) is 35.2 Å². The quantitative estimate of drug-likeness (QED) is 0.655. The van der Waals surface area contributed by atoms with Gasteiger partial charge in [0.25, 0.3) is 0 Å². The van der Waals surface area contributed by atoms with Gasteiger partial charge in [-0.25, -0.2) is 4.39 Å². The zero-order chi connectivity index (χ0) is 14.0. The van der Waals surface area contributed by atoms with Gasteiger partial charge in [-0.3, -0.25) is 0 Å². The van der Waals surface area contributed by atoms with Crippen molar-refractivity contribution in [2.24, 2.45) is 0 Å². The van der Waals surface area contributed by atoms with Crippen molar-refractivity contribution in [3.63, 3.8) is 0 Å². The highest BCUT2D eigenvalue weighted by molar-refractivity contribution is 5.53. The second kappa shape index (κ2) is 4.79. The van der Waals surface area contributed by atoms with Crippen LogP contribution in [0.1, 0.15) is 5.56 Å². The Balaban J connectivity index is 2.35. The number of hydrogen-bond donors (Lipinski definition) is 1. The summed E-state index contributed by atoms with van der Waals surface area (Å²) in [7, 11) is 0. The maximum Gasteiger partial charge on any atom is 0.419 e. The van der Waals surface area contributed by atoms with Crippen LogP contribution in [-0.4, -0.2) is 0 Å². The number of alkyl halides is 3. The van der Waals surface area contributed by atoms with E-state index in [0.29, 0.717) is 12.1 Å². The van der Waals surface area contributed by atoms with Gasteiger partial charge in [-0.05, 0) is 30.3 Å². The Hall–Kier alpha value is -2.24. The van der Waals surface area contributed by atoms with Crippen molar-refractivity contribution in [1.29, 1.82) is 0 Å². The van der Waals surface area contributed by atoms with Gasteiger partial charge in [0.2, 0.25) is 0 Å². The van der Waals surface area contributed by atoms with Crippen LogP contribution < -0.4 is 10.5 Å². The number of nitrogen functional groups attached to an aromatic ring is 1. The van der Waals surface area contributed by atoms with Gasteiger partial charge in [0, 0.05) is 0 Å². The SMILES string of the molecule is Nc1ccccc1Oc1ccc(F)c(C(F)(F)F)c1. The van der Waals surface area contributed by atoms with E-state index in [-0.39, 0.29) is 17.2 Å². The first-order valence-corrected chi connectivity index (χ1v) is 5.27. The Labute approximate surface area is 106 Å². The third-order valence-electron chi connectivity index (χ3n) is 2.39. The van der Waals surface area contributed by atoms with Crippen molar-refractivity contribution >= 4 is 5.69 Å². The maximum absolute atomic E-state index is 13.1. The number of ether oxygens (including phenoxy) is 1. The van der Waals surface area contributed by atoms with Crippen molar-refractivity contribution in [2.45, 2.75) is 6.18 Å². The van der Waals surface area contributed by atoms with E-state index in [1.54, 1.807) is 18.2 Å². The second-order valence-electron chi connectivity index (χ2n) is 3.78. The molecule has 100 valence electrons. The predicted molar refractivity (Wildman–Crippen MR) is 62.3 cm³/mol. The molecule has 2 nitrogen and oxygen atoms in total. The zero-order valence-electron chi connectivity index (χ0n) is 9.54. The van der Waals surface area contributed by atoms with Gasteiger partial charge in [-0.2, -0.15) is 13.2 Å². The molecule has 0 aliphatic heterocycles. The van der Waals surface area contributed by atoms with E-state index in [0.717, 1.165) is 6.07 Å². The largest absolute Gasteiger partial charge is 0.455 e. The summed E-state index contributed by atoms with van der Waals surface area (Å²) in [6.07, 6.45) is -4.77. The van der Waals surface area contributed by atoms with Crippen molar-refractivity contribution in [3.05, 3.63) is 53.8 Å². The molecule has 2 N–H and O–H groups in total. The van der Waals surface area contributed by atoms with Crippen LogP contribution in [0.5, 0.6) is 11.5 Å². The fourth-order valence-electron chi connectivity index (χ4n) is 1.49. The fourth-order valence-corrected chi connectivity index (χ4v) is 1.49. The molecule has 0 fully saturated rings.